The van der Waals surface area contributed by atoms with Crippen LogP contribution in [0, 0.1) is 11.3 Å². The highest BCUT2D eigenvalue weighted by molar-refractivity contribution is 7.91. The van der Waals surface area contributed by atoms with E-state index in [0.717, 1.165) is 11.3 Å². The number of carbonyl (C=O) groups excluding carboxylic acids is 3. The molecule has 5 rings (SSSR count). The van der Waals surface area contributed by atoms with Crippen molar-refractivity contribution in [3.05, 3.63) is 47.3 Å². The van der Waals surface area contributed by atoms with E-state index < -0.39 is 56.0 Å². The fourth-order valence-electron chi connectivity index (χ4n) is 5.35. The van der Waals surface area contributed by atoms with E-state index in [-0.39, 0.29) is 12.3 Å². The topological polar surface area (TPSA) is 138 Å². The van der Waals surface area contributed by atoms with Gasteiger partial charge in [0.1, 0.15) is 17.6 Å². The summed E-state index contributed by atoms with van der Waals surface area (Å²) in [5, 5.41) is 8.66. The largest absolute Gasteiger partial charge is 0.349 e. The SMILES string of the molecule is C=C[C@@H]1C[C@]1(NC(=O)[C@@H]1CCCN1C(=O)[C@@H](Nc1nc(-c2ccc(Cl)cc2)cs1)C(C)(C)C)C(=O)NS(=O)(=O)C1CC1. The molecular formula is C29H36ClN5O5S2. The second-order valence-electron chi connectivity index (χ2n) is 12.4. The molecule has 0 unspecified atom stereocenters. The van der Waals surface area contributed by atoms with Gasteiger partial charge in [0, 0.05) is 28.4 Å². The third-order valence-electron chi connectivity index (χ3n) is 8.11. The van der Waals surface area contributed by atoms with Crippen molar-refractivity contribution >= 4 is 55.8 Å². The Morgan fingerprint density at radius 2 is 1.88 bits per heavy atom. The normalized spacial score (nSPS) is 24.5. The molecule has 2 saturated carbocycles. The van der Waals surface area contributed by atoms with Crippen LogP contribution in [0.1, 0.15) is 52.9 Å². The third kappa shape index (κ3) is 6.21. The summed E-state index contributed by atoms with van der Waals surface area (Å²) in [5.41, 5.74) is -0.251. The monoisotopic (exact) mass is 633 g/mol. The van der Waals surface area contributed by atoms with Gasteiger partial charge in [0.2, 0.25) is 21.8 Å². The Morgan fingerprint density at radius 3 is 2.48 bits per heavy atom. The van der Waals surface area contributed by atoms with Gasteiger partial charge in [0.15, 0.2) is 5.13 Å². The van der Waals surface area contributed by atoms with Crippen LogP contribution in [0.4, 0.5) is 5.13 Å². The van der Waals surface area contributed by atoms with Gasteiger partial charge in [-0.05, 0) is 49.7 Å². The molecule has 1 aromatic carbocycles. The number of nitrogens with one attached hydrogen (secondary N) is 3. The van der Waals surface area contributed by atoms with E-state index in [1.54, 1.807) is 23.1 Å². The number of amides is 3. The standard InChI is InChI=1S/C29H36ClN5O5S2/c1-5-18-15-29(18,26(38)34-42(39,40)20-12-13-20)33-24(36)22-7-6-14-35(22)25(37)23(28(2,3)4)32-27-31-21(16-41-27)17-8-10-19(30)11-9-17/h5,8-11,16,18,20,22-23H,1,6-7,12-15H2,2-4H3,(H,31,32)(H,33,36)(H,34,38)/t18-,22+,23-,29-/m1/s1. The molecule has 3 aliphatic rings. The molecule has 4 atom stereocenters. The Morgan fingerprint density at radius 1 is 1.19 bits per heavy atom. The molecule has 13 heteroatoms. The first-order valence-corrected chi connectivity index (χ1v) is 16.8. The van der Waals surface area contributed by atoms with Gasteiger partial charge in [-0.3, -0.25) is 19.1 Å². The number of halogens is 1. The average Bonchev–Trinajstić information content (AvgIpc) is 3.80. The van der Waals surface area contributed by atoms with Crippen molar-refractivity contribution in [2.24, 2.45) is 11.3 Å². The summed E-state index contributed by atoms with van der Waals surface area (Å²) < 4.78 is 27.0. The molecule has 0 spiro atoms. The number of benzene rings is 1. The summed E-state index contributed by atoms with van der Waals surface area (Å²) >= 11 is 7.40. The zero-order chi connectivity index (χ0) is 30.4. The Labute approximate surface area is 255 Å². The molecule has 10 nitrogen and oxygen atoms in total. The number of rotatable bonds is 10. The lowest BCUT2D eigenvalue weighted by atomic mass is 9.85. The van der Waals surface area contributed by atoms with Crippen LogP contribution >= 0.6 is 22.9 Å². The van der Waals surface area contributed by atoms with Gasteiger partial charge in [-0.2, -0.15) is 0 Å². The fraction of sp³-hybridized carbons (Fsp3) is 0.517. The molecule has 3 N–H and O–H groups in total. The number of carbonyl (C=O) groups is 3. The van der Waals surface area contributed by atoms with E-state index in [9.17, 15) is 22.8 Å². The number of thiazole rings is 1. The molecule has 3 fully saturated rings. The Kier molecular flexibility index (Phi) is 8.19. The van der Waals surface area contributed by atoms with Gasteiger partial charge in [-0.15, -0.1) is 17.9 Å². The minimum Gasteiger partial charge on any atom is -0.349 e. The summed E-state index contributed by atoms with van der Waals surface area (Å²) in [7, 11) is -3.78. The second-order valence-corrected chi connectivity index (χ2v) is 15.6. The van der Waals surface area contributed by atoms with Crippen molar-refractivity contribution < 1.29 is 22.8 Å². The minimum absolute atomic E-state index is 0.241. The number of anilines is 1. The number of sulfonamides is 1. The van der Waals surface area contributed by atoms with E-state index in [2.05, 4.69) is 26.9 Å². The van der Waals surface area contributed by atoms with Crippen LogP contribution in [0.25, 0.3) is 11.3 Å². The first kappa shape index (κ1) is 30.5. The smallest absolute Gasteiger partial charge is 0.259 e. The molecule has 2 heterocycles. The average molecular weight is 634 g/mol. The lowest BCUT2D eigenvalue weighted by Gasteiger charge is -2.35. The maximum atomic E-state index is 14.0. The molecule has 42 heavy (non-hydrogen) atoms. The molecule has 2 aliphatic carbocycles. The Bertz CT molecular complexity index is 1500. The third-order valence-corrected chi connectivity index (χ3v) is 11.0. The van der Waals surface area contributed by atoms with Crippen molar-refractivity contribution in [2.75, 3.05) is 11.9 Å². The van der Waals surface area contributed by atoms with Crippen molar-refractivity contribution in [3.63, 3.8) is 0 Å². The van der Waals surface area contributed by atoms with Crippen molar-refractivity contribution in [1.82, 2.24) is 19.9 Å². The molecular weight excluding hydrogens is 598 g/mol. The van der Waals surface area contributed by atoms with Crippen molar-refractivity contribution in [1.29, 1.82) is 0 Å². The molecule has 1 saturated heterocycles. The number of hydrogen-bond donors (Lipinski definition) is 3. The first-order chi connectivity index (χ1) is 19.7. The molecule has 2 aromatic rings. The predicted octanol–water partition coefficient (Wildman–Crippen LogP) is 3.95. The minimum atomic E-state index is -3.78. The highest BCUT2D eigenvalue weighted by atomic mass is 35.5. The predicted molar refractivity (Wildman–Crippen MR) is 163 cm³/mol. The van der Waals surface area contributed by atoms with Gasteiger partial charge in [-0.1, -0.05) is 50.6 Å². The van der Waals surface area contributed by atoms with Crippen LogP contribution in [-0.2, 0) is 24.4 Å². The van der Waals surface area contributed by atoms with Crippen molar-refractivity contribution in [2.45, 2.75) is 75.7 Å². The number of likely N-dealkylation sites (tertiary alicyclic amines) is 1. The van der Waals surface area contributed by atoms with Crippen LogP contribution in [0.15, 0.2) is 42.3 Å². The number of hydrogen-bond acceptors (Lipinski definition) is 8. The van der Waals surface area contributed by atoms with Gasteiger partial charge in [0.25, 0.3) is 5.91 Å². The summed E-state index contributed by atoms with van der Waals surface area (Å²) in [6, 6.07) is 5.88. The summed E-state index contributed by atoms with van der Waals surface area (Å²) in [4.78, 5) is 47.0. The van der Waals surface area contributed by atoms with Crippen LogP contribution in [0.5, 0.6) is 0 Å². The lowest BCUT2D eigenvalue weighted by Crippen LogP contribution is -2.58. The zero-order valence-electron chi connectivity index (χ0n) is 23.9. The van der Waals surface area contributed by atoms with Crippen LogP contribution < -0.4 is 15.4 Å². The zero-order valence-corrected chi connectivity index (χ0v) is 26.2. The van der Waals surface area contributed by atoms with Gasteiger partial charge in [0.05, 0.1) is 10.9 Å². The quantitative estimate of drug-likeness (QED) is 0.337. The molecule has 226 valence electrons. The fourth-order valence-corrected chi connectivity index (χ4v) is 7.59. The molecule has 0 radical (unpaired) electrons. The van der Waals surface area contributed by atoms with Gasteiger partial charge in [-0.25, -0.2) is 13.4 Å². The molecule has 1 aliphatic heterocycles. The Balaban J connectivity index is 1.30. The van der Waals surface area contributed by atoms with Crippen LogP contribution in [0.3, 0.4) is 0 Å². The Hall–Kier alpha value is -2.96. The van der Waals surface area contributed by atoms with E-state index in [0.29, 0.717) is 42.4 Å². The maximum Gasteiger partial charge on any atom is 0.259 e. The molecule has 3 amide bonds. The maximum absolute atomic E-state index is 14.0. The lowest BCUT2D eigenvalue weighted by molar-refractivity contribution is -0.141. The first-order valence-electron chi connectivity index (χ1n) is 14.0. The number of nitrogens with zero attached hydrogens (tertiary/aromatic N) is 2. The highest BCUT2D eigenvalue weighted by Gasteiger charge is 2.61. The van der Waals surface area contributed by atoms with Gasteiger partial charge >= 0.3 is 0 Å². The number of aromatic nitrogens is 1. The van der Waals surface area contributed by atoms with Crippen LogP contribution in [0.2, 0.25) is 5.02 Å². The summed E-state index contributed by atoms with van der Waals surface area (Å²) in [6.45, 7) is 9.96. The molecule has 1 aromatic heterocycles. The van der Waals surface area contributed by atoms with Gasteiger partial charge < -0.3 is 15.5 Å². The summed E-state index contributed by atoms with van der Waals surface area (Å²) in [6.07, 6.45) is 3.88. The summed E-state index contributed by atoms with van der Waals surface area (Å²) in [5.74, 6) is -1.87. The van der Waals surface area contributed by atoms with E-state index in [1.807, 2.05) is 38.3 Å². The van der Waals surface area contributed by atoms with E-state index >= 15 is 0 Å². The highest BCUT2D eigenvalue weighted by Crippen LogP contribution is 2.45. The molecule has 0 bridgehead atoms. The van der Waals surface area contributed by atoms with E-state index in [4.69, 9.17) is 11.6 Å². The second kappa shape index (κ2) is 11.3. The van der Waals surface area contributed by atoms with E-state index in [1.165, 1.54) is 11.3 Å². The van der Waals surface area contributed by atoms with Crippen molar-refractivity contribution in [3.8, 4) is 11.3 Å². The van der Waals surface area contributed by atoms with Crippen LogP contribution in [-0.4, -0.2) is 65.4 Å².